The molecule has 0 amide bonds. The van der Waals surface area contributed by atoms with Crippen molar-refractivity contribution in [1.29, 1.82) is 0 Å². The van der Waals surface area contributed by atoms with Crippen LogP contribution in [0.1, 0.15) is 22.9 Å². The molecule has 0 radical (unpaired) electrons. The molecule has 0 saturated carbocycles. The van der Waals surface area contributed by atoms with Gasteiger partial charge in [0.1, 0.15) is 17.1 Å². The molecule has 1 aromatic carbocycles. The number of benzene rings is 1. The van der Waals surface area contributed by atoms with Crippen LogP contribution in [-0.4, -0.2) is 20.1 Å². The SMILES string of the molecule is Cc1cccc(N[C@@H](c2ccncc2)c2cc(Cl)c3cccnc3c2O)n1. The second-order valence-electron chi connectivity index (χ2n) is 6.22. The first kappa shape index (κ1) is 17.2. The minimum atomic E-state index is -0.369. The highest BCUT2D eigenvalue weighted by atomic mass is 35.5. The molecular formula is C21H17ClN4O. The van der Waals surface area contributed by atoms with E-state index in [1.165, 1.54) is 0 Å². The number of aromatic nitrogens is 3. The van der Waals surface area contributed by atoms with E-state index < -0.39 is 0 Å². The monoisotopic (exact) mass is 376 g/mol. The predicted octanol–water partition coefficient (Wildman–Crippen LogP) is 4.89. The molecule has 3 heterocycles. The van der Waals surface area contributed by atoms with Gasteiger partial charge in [-0.05, 0) is 55.0 Å². The third kappa shape index (κ3) is 3.41. The Labute approximate surface area is 161 Å². The van der Waals surface area contributed by atoms with Crippen molar-refractivity contribution >= 4 is 28.3 Å². The summed E-state index contributed by atoms with van der Waals surface area (Å²) in [5.41, 5.74) is 2.92. The lowest BCUT2D eigenvalue weighted by atomic mass is 9.97. The van der Waals surface area contributed by atoms with Crippen LogP contribution in [0.2, 0.25) is 5.02 Å². The summed E-state index contributed by atoms with van der Waals surface area (Å²) in [6.45, 7) is 1.93. The Morgan fingerprint density at radius 2 is 1.85 bits per heavy atom. The molecule has 4 aromatic rings. The van der Waals surface area contributed by atoms with Crippen molar-refractivity contribution in [2.24, 2.45) is 0 Å². The van der Waals surface area contributed by atoms with Crippen molar-refractivity contribution in [2.45, 2.75) is 13.0 Å². The Hall–Kier alpha value is -3.18. The number of fused-ring (bicyclic) bond motifs is 1. The van der Waals surface area contributed by atoms with Gasteiger partial charge in [0, 0.05) is 35.2 Å². The standard InChI is InChI=1S/C21H17ClN4O/c1-13-4-2-6-18(25-13)26-19(14-7-10-23-11-8-14)16-12-17(22)15-5-3-9-24-20(15)21(16)27/h2-12,19,27H,1H3,(H,25,26)/t19-/m0/s1. The van der Waals surface area contributed by atoms with Crippen LogP contribution >= 0.6 is 11.6 Å². The molecule has 5 nitrogen and oxygen atoms in total. The molecule has 0 fully saturated rings. The zero-order valence-corrected chi connectivity index (χ0v) is 15.4. The van der Waals surface area contributed by atoms with Crippen LogP contribution < -0.4 is 5.32 Å². The van der Waals surface area contributed by atoms with Crippen molar-refractivity contribution in [1.82, 2.24) is 15.0 Å². The highest BCUT2D eigenvalue weighted by Crippen LogP contribution is 2.39. The number of nitrogens with one attached hydrogen (secondary N) is 1. The second-order valence-corrected chi connectivity index (χ2v) is 6.63. The topological polar surface area (TPSA) is 70.9 Å². The van der Waals surface area contributed by atoms with Crippen molar-refractivity contribution in [3.05, 3.63) is 89.0 Å². The van der Waals surface area contributed by atoms with E-state index in [1.54, 1.807) is 30.7 Å². The Balaban J connectivity index is 1.89. The van der Waals surface area contributed by atoms with E-state index >= 15 is 0 Å². The van der Waals surface area contributed by atoms with Gasteiger partial charge < -0.3 is 10.4 Å². The fourth-order valence-electron chi connectivity index (χ4n) is 3.09. The van der Waals surface area contributed by atoms with E-state index in [0.717, 1.165) is 11.3 Å². The van der Waals surface area contributed by atoms with Crippen LogP contribution in [0.25, 0.3) is 10.9 Å². The van der Waals surface area contributed by atoms with E-state index in [1.807, 2.05) is 43.3 Å². The van der Waals surface area contributed by atoms with Crippen molar-refractivity contribution in [2.75, 3.05) is 5.32 Å². The summed E-state index contributed by atoms with van der Waals surface area (Å²) in [6, 6.07) is 14.6. The van der Waals surface area contributed by atoms with E-state index in [0.29, 0.717) is 27.3 Å². The molecule has 0 bridgehead atoms. The van der Waals surface area contributed by atoms with Crippen LogP contribution in [0.4, 0.5) is 5.82 Å². The molecule has 27 heavy (non-hydrogen) atoms. The first-order valence-electron chi connectivity index (χ1n) is 8.49. The zero-order valence-electron chi connectivity index (χ0n) is 14.6. The average Bonchev–Trinajstić information content (AvgIpc) is 2.70. The highest BCUT2D eigenvalue weighted by Gasteiger charge is 2.22. The predicted molar refractivity (Wildman–Crippen MR) is 107 cm³/mol. The molecule has 134 valence electrons. The van der Waals surface area contributed by atoms with Crippen molar-refractivity contribution < 1.29 is 5.11 Å². The first-order valence-corrected chi connectivity index (χ1v) is 8.87. The van der Waals surface area contributed by atoms with Gasteiger partial charge in [-0.25, -0.2) is 4.98 Å². The number of hydrogen-bond donors (Lipinski definition) is 2. The number of rotatable bonds is 4. The van der Waals surface area contributed by atoms with Gasteiger partial charge >= 0.3 is 0 Å². The molecule has 1 atom stereocenters. The van der Waals surface area contributed by atoms with Gasteiger partial charge in [-0.1, -0.05) is 17.7 Å². The number of hydrogen-bond acceptors (Lipinski definition) is 5. The van der Waals surface area contributed by atoms with Crippen LogP contribution in [0.15, 0.2) is 67.1 Å². The number of aryl methyl sites for hydroxylation is 1. The third-order valence-corrected chi connectivity index (χ3v) is 4.69. The molecule has 6 heteroatoms. The number of phenolic OH excluding ortho intramolecular Hbond substituents is 1. The number of anilines is 1. The second kappa shape index (κ2) is 7.21. The van der Waals surface area contributed by atoms with Crippen LogP contribution in [0.5, 0.6) is 5.75 Å². The molecule has 0 aliphatic carbocycles. The van der Waals surface area contributed by atoms with E-state index in [2.05, 4.69) is 20.3 Å². The van der Waals surface area contributed by atoms with Gasteiger partial charge in [0.25, 0.3) is 0 Å². The summed E-state index contributed by atoms with van der Waals surface area (Å²) in [7, 11) is 0. The van der Waals surface area contributed by atoms with Gasteiger partial charge in [-0.2, -0.15) is 0 Å². The van der Waals surface area contributed by atoms with E-state index in [9.17, 15) is 5.11 Å². The normalized spacial score (nSPS) is 12.1. The summed E-state index contributed by atoms with van der Waals surface area (Å²) >= 11 is 6.49. The largest absolute Gasteiger partial charge is 0.505 e. The van der Waals surface area contributed by atoms with Gasteiger partial charge in [0.05, 0.1) is 11.1 Å². The maximum Gasteiger partial charge on any atom is 0.147 e. The lowest BCUT2D eigenvalue weighted by Crippen LogP contribution is -2.14. The van der Waals surface area contributed by atoms with E-state index in [4.69, 9.17) is 11.6 Å². The first-order chi connectivity index (χ1) is 13.1. The minimum absolute atomic E-state index is 0.0944. The number of nitrogens with zero attached hydrogens (tertiary/aromatic N) is 3. The van der Waals surface area contributed by atoms with Crippen LogP contribution in [-0.2, 0) is 0 Å². The Kier molecular flexibility index (Phi) is 4.60. The Morgan fingerprint density at radius 3 is 2.63 bits per heavy atom. The molecular weight excluding hydrogens is 360 g/mol. The van der Waals surface area contributed by atoms with Crippen molar-refractivity contribution in [3.63, 3.8) is 0 Å². The lowest BCUT2D eigenvalue weighted by Gasteiger charge is -2.22. The van der Waals surface area contributed by atoms with Gasteiger partial charge in [0.15, 0.2) is 0 Å². The Bertz CT molecular complexity index is 1100. The summed E-state index contributed by atoms with van der Waals surface area (Å²) in [4.78, 5) is 12.9. The lowest BCUT2D eigenvalue weighted by molar-refractivity contribution is 0.471. The molecule has 0 spiro atoms. The summed E-state index contributed by atoms with van der Waals surface area (Å²) < 4.78 is 0. The third-order valence-electron chi connectivity index (χ3n) is 4.38. The molecule has 4 rings (SSSR count). The molecule has 0 unspecified atom stereocenters. The quantitative estimate of drug-likeness (QED) is 0.530. The van der Waals surface area contributed by atoms with E-state index in [-0.39, 0.29) is 11.8 Å². The van der Waals surface area contributed by atoms with Crippen LogP contribution in [0.3, 0.4) is 0 Å². The van der Waals surface area contributed by atoms with Crippen LogP contribution in [0, 0.1) is 6.92 Å². The van der Waals surface area contributed by atoms with Gasteiger partial charge in [0.2, 0.25) is 0 Å². The molecule has 0 aliphatic rings. The number of halogens is 1. The zero-order chi connectivity index (χ0) is 18.8. The highest BCUT2D eigenvalue weighted by molar-refractivity contribution is 6.35. The molecule has 0 aliphatic heterocycles. The number of phenols is 1. The molecule has 2 N–H and O–H groups in total. The summed E-state index contributed by atoms with van der Waals surface area (Å²) in [5, 5.41) is 15.6. The number of aromatic hydroxyl groups is 1. The summed E-state index contributed by atoms with van der Waals surface area (Å²) in [6.07, 6.45) is 5.07. The number of pyridine rings is 3. The average molecular weight is 377 g/mol. The minimum Gasteiger partial charge on any atom is -0.505 e. The maximum atomic E-state index is 10.9. The Morgan fingerprint density at radius 1 is 1.04 bits per heavy atom. The van der Waals surface area contributed by atoms with Gasteiger partial charge in [-0.15, -0.1) is 0 Å². The fraction of sp³-hybridized carbons (Fsp3) is 0.0952. The smallest absolute Gasteiger partial charge is 0.147 e. The van der Waals surface area contributed by atoms with Gasteiger partial charge in [-0.3, -0.25) is 9.97 Å². The molecule has 0 saturated heterocycles. The fourth-order valence-corrected chi connectivity index (χ4v) is 3.36. The maximum absolute atomic E-state index is 10.9. The van der Waals surface area contributed by atoms with Crippen molar-refractivity contribution in [3.8, 4) is 5.75 Å². The summed E-state index contributed by atoms with van der Waals surface area (Å²) in [5.74, 6) is 0.797. The molecule has 3 aromatic heterocycles.